The molecule has 2 unspecified atom stereocenters. The molecule has 142 valence electrons. The van der Waals surface area contributed by atoms with Crippen LogP contribution in [0.5, 0.6) is 0 Å². The van der Waals surface area contributed by atoms with E-state index >= 15 is 0 Å². The highest BCUT2D eigenvalue weighted by atomic mass is 16.6. The Hall–Kier alpha value is -2.65. The second-order valence-electron chi connectivity index (χ2n) is 6.80. The fourth-order valence-corrected chi connectivity index (χ4v) is 2.42. The highest BCUT2D eigenvalue weighted by molar-refractivity contribution is 5.81. The van der Waals surface area contributed by atoms with Gasteiger partial charge in [-0.05, 0) is 38.8 Å². The highest BCUT2D eigenvalue weighted by Gasteiger charge is 2.23. The van der Waals surface area contributed by atoms with Gasteiger partial charge in [0.2, 0.25) is 0 Å². The summed E-state index contributed by atoms with van der Waals surface area (Å²) in [5.41, 5.74) is -1.23. The lowest BCUT2D eigenvalue weighted by Crippen LogP contribution is -2.34. The van der Waals surface area contributed by atoms with Crippen LogP contribution in [0, 0.1) is 0 Å². The number of aliphatic hydroxyl groups excluding tert-OH is 2. The average molecular weight is 366 g/mol. The maximum atomic E-state index is 11.9. The number of hydrogen-bond acceptors (Lipinski definition) is 7. The molecule has 0 fully saturated rings. The number of alkyl carbamates (subject to hydrolysis) is 1. The third kappa shape index (κ3) is 4.93. The number of amides is 1. The van der Waals surface area contributed by atoms with E-state index < -0.39 is 35.3 Å². The Bertz CT molecular complexity index is 894. The van der Waals surface area contributed by atoms with Crippen molar-refractivity contribution in [2.75, 3.05) is 6.54 Å². The monoisotopic (exact) mass is 366 g/mol. The van der Waals surface area contributed by atoms with Crippen LogP contribution in [0.1, 0.15) is 38.9 Å². The minimum absolute atomic E-state index is 0.0150. The fourth-order valence-electron chi connectivity index (χ4n) is 2.42. The molecule has 2 atom stereocenters. The Morgan fingerprint density at radius 3 is 2.65 bits per heavy atom. The normalized spacial score (nSPS) is 14.0. The Balaban J connectivity index is 2.08. The lowest BCUT2D eigenvalue weighted by molar-refractivity contribution is 0.0130. The summed E-state index contributed by atoms with van der Waals surface area (Å²) in [7, 11) is 0. The summed E-state index contributed by atoms with van der Waals surface area (Å²) in [4.78, 5) is 37.1. The lowest BCUT2D eigenvalue weighted by atomic mass is 9.99. The third-order valence-electron chi connectivity index (χ3n) is 3.51. The molecule has 0 saturated carbocycles. The second-order valence-corrected chi connectivity index (χ2v) is 6.80. The molecular formula is C17H22N2O7. The number of aromatic amines is 1. The van der Waals surface area contributed by atoms with Gasteiger partial charge in [-0.2, -0.15) is 0 Å². The molecule has 2 aromatic rings. The molecule has 0 aliphatic heterocycles. The van der Waals surface area contributed by atoms with E-state index in [1.807, 2.05) is 0 Å². The molecule has 0 aliphatic rings. The molecule has 1 amide bonds. The van der Waals surface area contributed by atoms with Gasteiger partial charge in [0.25, 0.3) is 0 Å². The molecular weight excluding hydrogens is 344 g/mol. The van der Waals surface area contributed by atoms with E-state index in [0.29, 0.717) is 0 Å². The molecule has 26 heavy (non-hydrogen) atoms. The van der Waals surface area contributed by atoms with Crippen molar-refractivity contribution in [2.24, 2.45) is 0 Å². The van der Waals surface area contributed by atoms with Crippen molar-refractivity contribution in [3.05, 3.63) is 44.7 Å². The van der Waals surface area contributed by atoms with Crippen LogP contribution < -0.4 is 16.7 Å². The molecule has 9 heteroatoms. The molecule has 2 rings (SSSR count). The van der Waals surface area contributed by atoms with E-state index in [0.717, 1.165) is 0 Å². The van der Waals surface area contributed by atoms with Crippen LogP contribution in [0.4, 0.5) is 4.79 Å². The largest absolute Gasteiger partial charge is 0.444 e. The van der Waals surface area contributed by atoms with Gasteiger partial charge >= 0.3 is 17.5 Å². The Kier molecular flexibility index (Phi) is 5.83. The first kappa shape index (κ1) is 19.7. The molecule has 4 N–H and O–H groups in total. The Morgan fingerprint density at radius 2 is 2.00 bits per heavy atom. The number of aliphatic hydroxyl groups is 2. The summed E-state index contributed by atoms with van der Waals surface area (Å²) in [5, 5.41) is 23.0. The standard InChI is InChI=1S/C17H22N2O7/c1-17(2,3)26-15(23)18-8-7-11(20)13(21)9-5-4-6-10-12(9)14(22)25-16(24)19-10/h4-6,11,13,20-21H,7-8H2,1-3H3,(H,18,23)(H,19,24). The summed E-state index contributed by atoms with van der Waals surface area (Å²) < 4.78 is 9.55. The third-order valence-corrected chi connectivity index (χ3v) is 3.51. The number of benzene rings is 1. The van der Waals surface area contributed by atoms with Gasteiger partial charge in [-0.25, -0.2) is 14.4 Å². The lowest BCUT2D eigenvalue weighted by Gasteiger charge is -2.21. The topological polar surface area (TPSA) is 142 Å². The molecule has 0 aliphatic carbocycles. The SMILES string of the molecule is CC(C)(C)OC(=O)NCCC(O)C(O)c1cccc2[nH]c(=O)oc(=O)c12. The molecule has 0 radical (unpaired) electrons. The quantitative estimate of drug-likeness (QED) is 0.613. The number of carbonyl (C=O) groups excluding carboxylic acids is 1. The van der Waals surface area contributed by atoms with Gasteiger partial charge in [-0.3, -0.25) is 4.98 Å². The van der Waals surface area contributed by atoms with E-state index in [9.17, 15) is 24.6 Å². The fraction of sp³-hybridized carbons (Fsp3) is 0.471. The second kappa shape index (κ2) is 7.71. The van der Waals surface area contributed by atoms with Gasteiger partial charge in [0, 0.05) is 6.54 Å². The molecule has 0 saturated heterocycles. The van der Waals surface area contributed by atoms with Crippen LogP contribution in [0.3, 0.4) is 0 Å². The maximum absolute atomic E-state index is 11.9. The minimum Gasteiger partial charge on any atom is -0.444 e. The summed E-state index contributed by atoms with van der Waals surface area (Å²) in [5.74, 6) is -0.906. The molecule has 9 nitrogen and oxygen atoms in total. The molecule has 1 aromatic carbocycles. The average Bonchev–Trinajstić information content (AvgIpc) is 2.51. The zero-order valence-electron chi connectivity index (χ0n) is 14.7. The number of H-pyrrole nitrogens is 1. The summed E-state index contributed by atoms with van der Waals surface area (Å²) in [6.45, 7) is 5.23. The van der Waals surface area contributed by atoms with Crippen LogP contribution in [-0.2, 0) is 4.74 Å². The van der Waals surface area contributed by atoms with Crippen molar-refractivity contribution in [3.8, 4) is 0 Å². The Labute approximate surface area is 148 Å². The number of nitrogens with one attached hydrogen (secondary N) is 2. The van der Waals surface area contributed by atoms with E-state index in [1.54, 1.807) is 20.8 Å². The van der Waals surface area contributed by atoms with Crippen LogP contribution in [0.2, 0.25) is 0 Å². The van der Waals surface area contributed by atoms with Crippen LogP contribution >= 0.6 is 0 Å². The number of rotatable bonds is 5. The molecule has 0 bridgehead atoms. The number of ether oxygens (including phenoxy) is 1. The van der Waals surface area contributed by atoms with E-state index in [2.05, 4.69) is 14.7 Å². The van der Waals surface area contributed by atoms with Crippen LogP contribution in [-0.4, -0.2) is 39.5 Å². The van der Waals surface area contributed by atoms with E-state index in [1.165, 1.54) is 18.2 Å². The van der Waals surface area contributed by atoms with Crippen molar-refractivity contribution < 1.29 is 24.2 Å². The van der Waals surface area contributed by atoms with Gasteiger partial charge in [-0.15, -0.1) is 0 Å². The summed E-state index contributed by atoms with van der Waals surface area (Å²) >= 11 is 0. The zero-order chi connectivity index (χ0) is 19.5. The van der Waals surface area contributed by atoms with Gasteiger partial charge in [0.05, 0.1) is 17.0 Å². The van der Waals surface area contributed by atoms with Crippen LogP contribution in [0.15, 0.2) is 32.2 Å². The number of fused-ring (bicyclic) bond motifs is 1. The number of hydrogen-bond donors (Lipinski definition) is 4. The van der Waals surface area contributed by atoms with Crippen molar-refractivity contribution in [2.45, 2.75) is 45.0 Å². The first-order chi connectivity index (χ1) is 12.1. The van der Waals surface area contributed by atoms with Crippen molar-refractivity contribution >= 4 is 17.0 Å². The van der Waals surface area contributed by atoms with Gasteiger partial charge in [0.1, 0.15) is 11.7 Å². The zero-order valence-corrected chi connectivity index (χ0v) is 14.7. The van der Waals surface area contributed by atoms with E-state index in [-0.39, 0.29) is 29.4 Å². The predicted octanol–water partition coefficient (Wildman–Crippen LogP) is 0.790. The predicted molar refractivity (Wildman–Crippen MR) is 92.9 cm³/mol. The van der Waals surface area contributed by atoms with Gasteiger partial charge in [-0.1, -0.05) is 12.1 Å². The Morgan fingerprint density at radius 1 is 1.31 bits per heavy atom. The van der Waals surface area contributed by atoms with Gasteiger partial charge in [0.15, 0.2) is 0 Å². The van der Waals surface area contributed by atoms with Gasteiger partial charge < -0.3 is 24.7 Å². The molecule has 1 aromatic heterocycles. The van der Waals surface area contributed by atoms with Crippen molar-refractivity contribution in [1.29, 1.82) is 0 Å². The first-order valence-corrected chi connectivity index (χ1v) is 8.07. The van der Waals surface area contributed by atoms with E-state index in [4.69, 9.17) is 4.74 Å². The van der Waals surface area contributed by atoms with Crippen LogP contribution in [0.25, 0.3) is 10.9 Å². The summed E-state index contributed by atoms with van der Waals surface area (Å²) in [6, 6.07) is 4.47. The molecule has 0 spiro atoms. The maximum Gasteiger partial charge on any atom is 0.419 e. The number of aromatic nitrogens is 1. The summed E-state index contributed by atoms with van der Waals surface area (Å²) in [6.07, 6.45) is -3.29. The smallest absolute Gasteiger partial charge is 0.419 e. The first-order valence-electron chi connectivity index (χ1n) is 8.07. The molecule has 1 heterocycles. The van der Waals surface area contributed by atoms with Crippen molar-refractivity contribution in [3.63, 3.8) is 0 Å². The highest BCUT2D eigenvalue weighted by Crippen LogP contribution is 2.24. The number of carbonyl (C=O) groups is 1. The minimum atomic E-state index is -1.41. The van der Waals surface area contributed by atoms with Crippen molar-refractivity contribution in [1.82, 2.24) is 10.3 Å².